The minimum absolute atomic E-state index is 0.199. The van der Waals surface area contributed by atoms with Crippen molar-refractivity contribution in [1.29, 1.82) is 0 Å². The molecule has 1 rings (SSSR count). The van der Waals surface area contributed by atoms with Crippen LogP contribution in [0.25, 0.3) is 0 Å². The molecule has 3 nitrogen and oxygen atoms in total. The molecule has 0 unspecified atom stereocenters. The number of urea groups is 1. The Labute approximate surface area is 92.0 Å². The van der Waals surface area contributed by atoms with E-state index in [0.717, 1.165) is 21.3 Å². The highest BCUT2D eigenvalue weighted by Crippen LogP contribution is 2.24. The Bertz CT molecular complexity index is 363. The van der Waals surface area contributed by atoms with Crippen LogP contribution in [0.15, 0.2) is 16.6 Å². The van der Waals surface area contributed by atoms with Crippen LogP contribution in [0, 0.1) is 13.8 Å². The average molecular weight is 257 g/mol. The van der Waals surface area contributed by atoms with E-state index < -0.39 is 0 Å². The summed E-state index contributed by atoms with van der Waals surface area (Å²) in [4.78, 5) is 11.1. The SMILES string of the molecule is CNC(=O)Nc1cc(C)c(Br)cc1C. The molecule has 0 saturated carbocycles. The van der Waals surface area contributed by atoms with Crippen molar-refractivity contribution in [3.05, 3.63) is 27.7 Å². The molecule has 0 bridgehead atoms. The summed E-state index contributed by atoms with van der Waals surface area (Å²) in [6.45, 7) is 3.94. The molecule has 14 heavy (non-hydrogen) atoms. The molecule has 76 valence electrons. The molecule has 1 aromatic rings. The van der Waals surface area contributed by atoms with Crippen molar-refractivity contribution < 1.29 is 4.79 Å². The van der Waals surface area contributed by atoms with Gasteiger partial charge in [0.05, 0.1) is 0 Å². The van der Waals surface area contributed by atoms with Crippen LogP contribution in [0.5, 0.6) is 0 Å². The molecular formula is C10H13BrN2O. The smallest absolute Gasteiger partial charge is 0.318 e. The number of rotatable bonds is 1. The quantitative estimate of drug-likeness (QED) is 0.798. The van der Waals surface area contributed by atoms with Crippen LogP contribution in [-0.4, -0.2) is 13.1 Å². The standard InChI is InChI=1S/C10H13BrN2O/c1-6-5-9(13-10(14)12-3)7(2)4-8(6)11/h4-5H,1-3H3,(H2,12,13,14). The third-order valence-electron chi connectivity index (χ3n) is 1.98. The molecule has 2 N–H and O–H groups in total. The third-order valence-corrected chi connectivity index (χ3v) is 2.84. The molecule has 1 aromatic carbocycles. The van der Waals surface area contributed by atoms with Gasteiger partial charge in [-0.15, -0.1) is 0 Å². The van der Waals surface area contributed by atoms with Gasteiger partial charge in [-0.05, 0) is 37.1 Å². The van der Waals surface area contributed by atoms with Gasteiger partial charge in [0.25, 0.3) is 0 Å². The summed E-state index contributed by atoms with van der Waals surface area (Å²) in [6, 6.07) is 3.73. The van der Waals surface area contributed by atoms with E-state index in [-0.39, 0.29) is 6.03 Å². The maximum Gasteiger partial charge on any atom is 0.318 e. The number of carbonyl (C=O) groups is 1. The Morgan fingerprint density at radius 1 is 1.29 bits per heavy atom. The van der Waals surface area contributed by atoms with E-state index in [9.17, 15) is 4.79 Å². The molecule has 0 atom stereocenters. The fourth-order valence-electron chi connectivity index (χ4n) is 1.10. The summed E-state index contributed by atoms with van der Waals surface area (Å²) in [5.41, 5.74) is 2.97. The lowest BCUT2D eigenvalue weighted by molar-refractivity contribution is 0.254. The van der Waals surface area contributed by atoms with Gasteiger partial charge in [-0.3, -0.25) is 0 Å². The lowest BCUT2D eigenvalue weighted by atomic mass is 10.1. The van der Waals surface area contributed by atoms with Crippen LogP contribution in [0.4, 0.5) is 10.5 Å². The molecule has 0 radical (unpaired) electrons. The number of hydrogen-bond donors (Lipinski definition) is 2. The molecular weight excluding hydrogens is 244 g/mol. The number of anilines is 1. The van der Waals surface area contributed by atoms with E-state index >= 15 is 0 Å². The summed E-state index contributed by atoms with van der Waals surface area (Å²) in [7, 11) is 1.59. The second kappa shape index (κ2) is 4.46. The summed E-state index contributed by atoms with van der Waals surface area (Å²) < 4.78 is 1.05. The summed E-state index contributed by atoms with van der Waals surface area (Å²) >= 11 is 3.44. The molecule has 0 fully saturated rings. The van der Waals surface area contributed by atoms with Crippen molar-refractivity contribution >= 4 is 27.6 Å². The van der Waals surface area contributed by atoms with Crippen molar-refractivity contribution in [3.8, 4) is 0 Å². The van der Waals surface area contributed by atoms with Gasteiger partial charge in [-0.1, -0.05) is 15.9 Å². The number of nitrogens with one attached hydrogen (secondary N) is 2. The zero-order chi connectivity index (χ0) is 10.7. The molecule has 0 aliphatic heterocycles. The highest BCUT2D eigenvalue weighted by Gasteiger charge is 2.04. The van der Waals surface area contributed by atoms with Crippen molar-refractivity contribution in [2.24, 2.45) is 0 Å². The lowest BCUT2D eigenvalue weighted by Gasteiger charge is -2.10. The fourth-order valence-corrected chi connectivity index (χ4v) is 1.56. The van der Waals surface area contributed by atoms with E-state index in [0.29, 0.717) is 0 Å². The molecule has 4 heteroatoms. The van der Waals surface area contributed by atoms with Crippen LogP contribution in [-0.2, 0) is 0 Å². The van der Waals surface area contributed by atoms with E-state index in [4.69, 9.17) is 0 Å². The van der Waals surface area contributed by atoms with Gasteiger partial charge < -0.3 is 10.6 Å². The molecule has 0 spiro atoms. The predicted molar refractivity (Wildman–Crippen MR) is 61.7 cm³/mol. The van der Waals surface area contributed by atoms with Crippen LogP contribution in [0.1, 0.15) is 11.1 Å². The van der Waals surface area contributed by atoms with Crippen LogP contribution >= 0.6 is 15.9 Å². The molecule has 2 amide bonds. The second-order valence-electron chi connectivity index (χ2n) is 3.12. The molecule has 0 saturated heterocycles. The number of carbonyl (C=O) groups excluding carboxylic acids is 1. The number of hydrogen-bond acceptors (Lipinski definition) is 1. The largest absolute Gasteiger partial charge is 0.341 e. The maximum absolute atomic E-state index is 11.1. The van der Waals surface area contributed by atoms with E-state index in [1.165, 1.54) is 0 Å². The lowest BCUT2D eigenvalue weighted by Crippen LogP contribution is -2.24. The Balaban J connectivity index is 2.98. The maximum atomic E-state index is 11.1. The van der Waals surface area contributed by atoms with Gasteiger partial charge in [-0.25, -0.2) is 4.79 Å². The average Bonchev–Trinajstić information content (AvgIpc) is 2.14. The van der Waals surface area contributed by atoms with Crippen molar-refractivity contribution in [1.82, 2.24) is 5.32 Å². The molecule has 0 aliphatic carbocycles. The highest BCUT2D eigenvalue weighted by atomic mass is 79.9. The van der Waals surface area contributed by atoms with Crippen molar-refractivity contribution in [2.45, 2.75) is 13.8 Å². The first-order valence-electron chi connectivity index (χ1n) is 4.30. The minimum atomic E-state index is -0.199. The Morgan fingerprint density at radius 3 is 2.50 bits per heavy atom. The van der Waals surface area contributed by atoms with Gasteiger partial charge in [0.2, 0.25) is 0 Å². The van der Waals surface area contributed by atoms with Gasteiger partial charge >= 0.3 is 6.03 Å². The number of amides is 2. The van der Waals surface area contributed by atoms with E-state index in [1.807, 2.05) is 26.0 Å². The molecule has 0 aromatic heterocycles. The number of benzene rings is 1. The first-order valence-corrected chi connectivity index (χ1v) is 5.09. The van der Waals surface area contributed by atoms with Gasteiger partial charge in [0, 0.05) is 17.2 Å². The first kappa shape index (κ1) is 11.0. The molecule has 0 aliphatic rings. The number of halogens is 1. The summed E-state index contributed by atoms with van der Waals surface area (Å²) in [6.07, 6.45) is 0. The first-order chi connectivity index (χ1) is 6.54. The fraction of sp³-hybridized carbons (Fsp3) is 0.300. The van der Waals surface area contributed by atoms with Gasteiger partial charge in [-0.2, -0.15) is 0 Å². The normalized spacial score (nSPS) is 9.71. The second-order valence-corrected chi connectivity index (χ2v) is 3.97. The van der Waals surface area contributed by atoms with Crippen LogP contribution in [0.2, 0.25) is 0 Å². The number of aryl methyl sites for hydroxylation is 2. The summed E-state index contributed by atoms with van der Waals surface area (Å²) in [5.74, 6) is 0. The Morgan fingerprint density at radius 2 is 1.93 bits per heavy atom. The van der Waals surface area contributed by atoms with Crippen LogP contribution in [0.3, 0.4) is 0 Å². The Hall–Kier alpha value is -1.03. The predicted octanol–water partition coefficient (Wildman–Crippen LogP) is 2.82. The highest BCUT2D eigenvalue weighted by molar-refractivity contribution is 9.10. The van der Waals surface area contributed by atoms with Gasteiger partial charge in [0.1, 0.15) is 0 Å². The van der Waals surface area contributed by atoms with E-state index in [2.05, 4.69) is 26.6 Å². The zero-order valence-electron chi connectivity index (χ0n) is 8.44. The van der Waals surface area contributed by atoms with Crippen molar-refractivity contribution in [3.63, 3.8) is 0 Å². The third kappa shape index (κ3) is 2.48. The summed E-state index contributed by atoms with van der Waals surface area (Å²) in [5, 5.41) is 5.27. The zero-order valence-corrected chi connectivity index (χ0v) is 10.0. The van der Waals surface area contributed by atoms with Gasteiger partial charge in [0.15, 0.2) is 0 Å². The minimum Gasteiger partial charge on any atom is -0.341 e. The topological polar surface area (TPSA) is 41.1 Å². The monoisotopic (exact) mass is 256 g/mol. The van der Waals surface area contributed by atoms with Crippen molar-refractivity contribution in [2.75, 3.05) is 12.4 Å². The molecule has 0 heterocycles. The van der Waals surface area contributed by atoms with Crippen LogP contribution < -0.4 is 10.6 Å². The Kier molecular flexibility index (Phi) is 3.52. The van der Waals surface area contributed by atoms with E-state index in [1.54, 1.807) is 7.05 Å².